The van der Waals surface area contributed by atoms with E-state index in [9.17, 15) is 17.6 Å². The highest BCUT2D eigenvalue weighted by molar-refractivity contribution is 9.10. The zero-order valence-electron chi connectivity index (χ0n) is 10.8. The van der Waals surface area contributed by atoms with Gasteiger partial charge in [0.1, 0.15) is 5.82 Å². The van der Waals surface area contributed by atoms with E-state index in [4.69, 9.17) is 5.73 Å². The van der Waals surface area contributed by atoms with E-state index < -0.39 is 29.9 Å². The Labute approximate surface area is 123 Å². The van der Waals surface area contributed by atoms with Crippen LogP contribution in [-0.2, 0) is 0 Å². The van der Waals surface area contributed by atoms with Gasteiger partial charge in [-0.15, -0.1) is 0 Å². The molecule has 1 aromatic carbocycles. The van der Waals surface area contributed by atoms with Crippen molar-refractivity contribution in [1.29, 1.82) is 0 Å². The zero-order valence-corrected chi connectivity index (χ0v) is 12.3. The lowest BCUT2D eigenvalue weighted by Crippen LogP contribution is -2.39. The lowest BCUT2D eigenvalue weighted by atomic mass is 9.73. The van der Waals surface area contributed by atoms with Crippen molar-refractivity contribution in [2.75, 3.05) is 0 Å². The second kappa shape index (κ2) is 6.02. The molecule has 3 atom stereocenters. The van der Waals surface area contributed by atoms with Crippen molar-refractivity contribution < 1.29 is 17.6 Å². The number of hydrogen-bond acceptors (Lipinski definition) is 1. The molecular formula is C14H16BrF4N. The summed E-state index contributed by atoms with van der Waals surface area (Å²) in [6, 6.07) is 3.28. The maximum absolute atomic E-state index is 13.8. The van der Waals surface area contributed by atoms with Crippen LogP contribution in [0.1, 0.15) is 37.3 Å². The van der Waals surface area contributed by atoms with Gasteiger partial charge < -0.3 is 5.73 Å². The molecule has 20 heavy (non-hydrogen) atoms. The molecular weight excluding hydrogens is 338 g/mol. The molecule has 1 saturated carbocycles. The highest BCUT2D eigenvalue weighted by atomic mass is 79.9. The van der Waals surface area contributed by atoms with Gasteiger partial charge in [-0.1, -0.05) is 28.8 Å². The Morgan fingerprint density at radius 3 is 2.50 bits per heavy atom. The third kappa shape index (κ3) is 3.34. The number of rotatable bonds is 2. The van der Waals surface area contributed by atoms with Gasteiger partial charge in [-0.2, -0.15) is 13.2 Å². The SMILES string of the molecule is NC(c1cc(Br)ccc1F)C1CCCCC1C(F)(F)F. The summed E-state index contributed by atoms with van der Waals surface area (Å²) >= 11 is 3.20. The molecule has 1 aromatic rings. The van der Waals surface area contributed by atoms with Gasteiger partial charge in [0.15, 0.2) is 0 Å². The average molecular weight is 354 g/mol. The molecule has 112 valence electrons. The lowest BCUT2D eigenvalue weighted by Gasteiger charge is -2.36. The quantitative estimate of drug-likeness (QED) is 0.747. The van der Waals surface area contributed by atoms with Gasteiger partial charge in [0.25, 0.3) is 0 Å². The first kappa shape index (κ1) is 15.8. The van der Waals surface area contributed by atoms with Gasteiger partial charge in [-0.3, -0.25) is 0 Å². The lowest BCUT2D eigenvalue weighted by molar-refractivity contribution is -0.198. The van der Waals surface area contributed by atoms with Gasteiger partial charge in [-0.25, -0.2) is 4.39 Å². The summed E-state index contributed by atoms with van der Waals surface area (Å²) in [5.74, 6) is -2.75. The van der Waals surface area contributed by atoms with Crippen molar-refractivity contribution in [3.05, 3.63) is 34.1 Å². The molecule has 0 aromatic heterocycles. The second-order valence-corrected chi connectivity index (χ2v) is 6.20. The Morgan fingerprint density at radius 2 is 1.85 bits per heavy atom. The van der Waals surface area contributed by atoms with Gasteiger partial charge in [0, 0.05) is 16.1 Å². The molecule has 0 heterocycles. The standard InChI is InChI=1S/C14H16BrF4N/c15-8-5-6-12(16)10(7-8)13(20)9-3-1-2-4-11(9)14(17,18)19/h5-7,9,11,13H,1-4,20H2. The van der Waals surface area contributed by atoms with Crippen LogP contribution in [0.2, 0.25) is 0 Å². The molecule has 0 bridgehead atoms. The largest absolute Gasteiger partial charge is 0.392 e. The Kier molecular flexibility index (Phi) is 4.74. The van der Waals surface area contributed by atoms with E-state index in [1.165, 1.54) is 18.2 Å². The molecule has 3 unspecified atom stereocenters. The fourth-order valence-electron chi connectivity index (χ4n) is 3.00. The van der Waals surface area contributed by atoms with Crippen LogP contribution < -0.4 is 5.73 Å². The minimum Gasteiger partial charge on any atom is -0.324 e. The van der Waals surface area contributed by atoms with Crippen molar-refractivity contribution in [1.82, 2.24) is 0 Å². The van der Waals surface area contributed by atoms with E-state index in [0.717, 1.165) is 0 Å². The maximum Gasteiger partial charge on any atom is 0.392 e. The van der Waals surface area contributed by atoms with Crippen molar-refractivity contribution in [2.24, 2.45) is 17.6 Å². The van der Waals surface area contributed by atoms with E-state index in [-0.39, 0.29) is 12.0 Å². The van der Waals surface area contributed by atoms with E-state index in [0.29, 0.717) is 23.7 Å². The minimum absolute atomic E-state index is 0.0808. The molecule has 0 spiro atoms. The summed E-state index contributed by atoms with van der Waals surface area (Å²) in [5, 5.41) is 0. The van der Waals surface area contributed by atoms with Crippen LogP contribution in [-0.4, -0.2) is 6.18 Å². The number of halogens is 5. The Hall–Kier alpha value is -0.620. The summed E-state index contributed by atoms with van der Waals surface area (Å²) in [5.41, 5.74) is 6.12. The van der Waals surface area contributed by atoms with Crippen molar-refractivity contribution in [3.8, 4) is 0 Å². The maximum atomic E-state index is 13.8. The molecule has 2 rings (SSSR count). The molecule has 1 aliphatic carbocycles. The molecule has 1 aliphatic rings. The smallest absolute Gasteiger partial charge is 0.324 e. The molecule has 6 heteroatoms. The Bertz CT molecular complexity index is 475. The molecule has 2 N–H and O–H groups in total. The first-order chi connectivity index (χ1) is 9.30. The third-order valence-electron chi connectivity index (χ3n) is 4.02. The summed E-state index contributed by atoms with van der Waals surface area (Å²) < 4.78 is 53.7. The van der Waals surface area contributed by atoms with Crippen molar-refractivity contribution >= 4 is 15.9 Å². The Morgan fingerprint density at radius 1 is 1.20 bits per heavy atom. The van der Waals surface area contributed by atoms with E-state index >= 15 is 0 Å². The number of alkyl halides is 3. The predicted octanol–water partition coefficient (Wildman–Crippen LogP) is 4.96. The van der Waals surface area contributed by atoms with Crippen LogP contribution in [0.3, 0.4) is 0 Å². The number of benzene rings is 1. The van der Waals surface area contributed by atoms with E-state index in [1.807, 2.05) is 0 Å². The van der Waals surface area contributed by atoms with Crippen LogP contribution in [0.25, 0.3) is 0 Å². The van der Waals surface area contributed by atoms with Gasteiger partial charge >= 0.3 is 6.18 Å². The molecule has 1 nitrogen and oxygen atoms in total. The summed E-state index contributed by atoms with van der Waals surface area (Å²) in [6.45, 7) is 0. The topological polar surface area (TPSA) is 26.0 Å². The summed E-state index contributed by atoms with van der Waals surface area (Å²) in [7, 11) is 0. The molecule has 1 fully saturated rings. The monoisotopic (exact) mass is 353 g/mol. The van der Waals surface area contributed by atoms with E-state index in [2.05, 4.69) is 15.9 Å². The normalized spacial score (nSPS) is 25.5. The van der Waals surface area contributed by atoms with Crippen LogP contribution in [0.15, 0.2) is 22.7 Å². The van der Waals surface area contributed by atoms with Crippen LogP contribution in [0, 0.1) is 17.7 Å². The highest BCUT2D eigenvalue weighted by Crippen LogP contribution is 2.46. The Balaban J connectivity index is 2.30. The minimum atomic E-state index is -4.27. The average Bonchev–Trinajstić information content (AvgIpc) is 2.40. The summed E-state index contributed by atoms with van der Waals surface area (Å²) in [6.07, 6.45) is -2.55. The van der Waals surface area contributed by atoms with Gasteiger partial charge in [-0.05, 0) is 37.0 Å². The first-order valence-corrected chi connectivity index (χ1v) is 7.37. The molecule has 0 amide bonds. The predicted molar refractivity (Wildman–Crippen MR) is 72.5 cm³/mol. The number of hydrogen-bond donors (Lipinski definition) is 1. The van der Waals surface area contributed by atoms with Gasteiger partial charge in [0.05, 0.1) is 5.92 Å². The highest BCUT2D eigenvalue weighted by Gasteiger charge is 2.47. The summed E-state index contributed by atoms with van der Waals surface area (Å²) in [4.78, 5) is 0. The van der Waals surface area contributed by atoms with Crippen LogP contribution >= 0.6 is 15.9 Å². The molecule has 0 aliphatic heterocycles. The fraction of sp³-hybridized carbons (Fsp3) is 0.571. The molecule has 0 radical (unpaired) electrons. The first-order valence-electron chi connectivity index (χ1n) is 6.58. The zero-order chi connectivity index (χ0) is 14.9. The van der Waals surface area contributed by atoms with Gasteiger partial charge in [0.2, 0.25) is 0 Å². The molecule has 0 saturated heterocycles. The van der Waals surface area contributed by atoms with Crippen LogP contribution in [0.4, 0.5) is 17.6 Å². The fourth-order valence-corrected chi connectivity index (χ4v) is 3.38. The number of nitrogens with two attached hydrogens (primary N) is 1. The van der Waals surface area contributed by atoms with Crippen molar-refractivity contribution in [3.63, 3.8) is 0 Å². The van der Waals surface area contributed by atoms with Crippen LogP contribution in [0.5, 0.6) is 0 Å². The second-order valence-electron chi connectivity index (χ2n) is 5.29. The van der Waals surface area contributed by atoms with E-state index in [1.54, 1.807) is 0 Å². The third-order valence-corrected chi connectivity index (χ3v) is 4.51. The van der Waals surface area contributed by atoms with Crippen molar-refractivity contribution in [2.45, 2.75) is 37.9 Å².